The fourth-order valence-electron chi connectivity index (χ4n) is 2.07. The van der Waals surface area contributed by atoms with Gasteiger partial charge in [0, 0.05) is 18.3 Å². The molecular formula is C18H19NO3. The second kappa shape index (κ2) is 6.89. The van der Waals surface area contributed by atoms with Crippen LogP contribution in [0.5, 0.6) is 5.75 Å². The summed E-state index contributed by atoms with van der Waals surface area (Å²) in [7, 11) is 1.72. The molecule has 0 unspecified atom stereocenters. The van der Waals surface area contributed by atoms with E-state index in [0.29, 0.717) is 11.3 Å². The van der Waals surface area contributed by atoms with Crippen molar-refractivity contribution in [2.45, 2.75) is 20.0 Å². The van der Waals surface area contributed by atoms with Crippen LogP contribution in [0.25, 0.3) is 0 Å². The lowest BCUT2D eigenvalue weighted by Crippen LogP contribution is -2.37. The van der Waals surface area contributed by atoms with E-state index in [4.69, 9.17) is 4.74 Å². The molecule has 0 aliphatic rings. The molecule has 0 aliphatic heterocycles. The maximum Gasteiger partial charge on any atom is 0.267 e. The van der Waals surface area contributed by atoms with Crippen molar-refractivity contribution in [2.24, 2.45) is 0 Å². The lowest BCUT2D eigenvalue weighted by molar-refractivity contribution is -0.124. The lowest BCUT2D eigenvalue weighted by atomic mass is 10.1. The van der Waals surface area contributed by atoms with Gasteiger partial charge in [0.2, 0.25) is 0 Å². The van der Waals surface area contributed by atoms with E-state index in [2.05, 4.69) is 0 Å². The average molecular weight is 297 g/mol. The molecule has 1 atom stereocenters. The molecule has 0 fully saturated rings. The number of likely N-dealkylation sites (N-methyl/N-ethyl adjacent to an activating group) is 1. The molecule has 4 nitrogen and oxygen atoms in total. The quantitative estimate of drug-likeness (QED) is 0.795. The fraction of sp³-hybridized carbons (Fsp3) is 0.222. The highest BCUT2D eigenvalue weighted by Gasteiger charge is 2.20. The molecule has 0 spiro atoms. The van der Waals surface area contributed by atoms with Crippen molar-refractivity contribution in [3.8, 4) is 5.75 Å². The SMILES string of the molecule is CC(=O)c1ccc(O[C@H](C)C(=O)N(C)c2ccccc2)cc1. The third-order valence-electron chi connectivity index (χ3n) is 3.40. The second-order valence-electron chi connectivity index (χ2n) is 5.07. The van der Waals surface area contributed by atoms with Crippen LogP contribution in [0.3, 0.4) is 0 Å². The Balaban J connectivity index is 2.03. The van der Waals surface area contributed by atoms with E-state index in [1.54, 1.807) is 43.1 Å². The highest BCUT2D eigenvalue weighted by Crippen LogP contribution is 2.17. The van der Waals surface area contributed by atoms with Gasteiger partial charge in [0.1, 0.15) is 5.75 Å². The third kappa shape index (κ3) is 3.73. The van der Waals surface area contributed by atoms with E-state index in [1.807, 2.05) is 30.3 Å². The number of carbonyl (C=O) groups is 2. The normalized spacial score (nSPS) is 11.6. The zero-order valence-corrected chi connectivity index (χ0v) is 12.9. The van der Waals surface area contributed by atoms with Crippen LogP contribution in [-0.4, -0.2) is 24.8 Å². The first-order valence-corrected chi connectivity index (χ1v) is 7.09. The van der Waals surface area contributed by atoms with Crippen LogP contribution >= 0.6 is 0 Å². The van der Waals surface area contributed by atoms with Crippen molar-refractivity contribution < 1.29 is 14.3 Å². The summed E-state index contributed by atoms with van der Waals surface area (Å²) in [5.41, 5.74) is 1.43. The maximum atomic E-state index is 12.4. The van der Waals surface area contributed by atoms with Gasteiger partial charge in [-0.15, -0.1) is 0 Å². The number of hydrogen-bond acceptors (Lipinski definition) is 3. The van der Waals surface area contributed by atoms with Gasteiger partial charge in [0.25, 0.3) is 5.91 Å². The van der Waals surface area contributed by atoms with Crippen LogP contribution in [0.15, 0.2) is 54.6 Å². The minimum atomic E-state index is -0.617. The number of para-hydroxylation sites is 1. The summed E-state index contributed by atoms with van der Waals surface area (Å²) >= 11 is 0. The van der Waals surface area contributed by atoms with Crippen LogP contribution < -0.4 is 9.64 Å². The van der Waals surface area contributed by atoms with Gasteiger partial charge in [-0.2, -0.15) is 0 Å². The monoisotopic (exact) mass is 297 g/mol. The molecule has 0 radical (unpaired) electrons. The Morgan fingerprint density at radius 3 is 2.14 bits per heavy atom. The largest absolute Gasteiger partial charge is 0.481 e. The second-order valence-corrected chi connectivity index (χ2v) is 5.07. The molecule has 1 amide bonds. The summed E-state index contributed by atoms with van der Waals surface area (Å²) in [6.45, 7) is 3.22. The molecule has 2 aromatic carbocycles. The Morgan fingerprint density at radius 1 is 1.00 bits per heavy atom. The Bertz CT molecular complexity index is 650. The van der Waals surface area contributed by atoms with Gasteiger partial charge in [-0.05, 0) is 50.2 Å². The molecule has 0 bridgehead atoms. The topological polar surface area (TPSA) is 46.6 Å². The minimum absolute atomic E-state index is 0.000476. The number of anilines is 1. The summed E-state index contributed by atoms with van der Waals surface area (Å²) in [5, 5.41) is 0. The zero-order valence-electron chi connectivity index (χ0n) is 12.9. The number of hydrogen-bond donors (Lipinski definition) is 0. The highest BCUT2D eigenvalue weighted by molar-refractivity contribution is 5.96. The van der Waals surface area contributed by atoms with Gasteiger partial charge >= 0.3 is 0 Å². The molecule has 0 heterocycles. The fourth-order valence-corrected chi connectivity index (χ4v) is 2.07. The molecule has 0 saturated heterocycles. The summed E-state index contributed by atoms with van der Waals surface area (Å²) in [5.74, 6) is 0.425. The molecular weight excluding hydrogens is 278 g/mol. The van der Waals surface area contributed by atoms with Crippen LogP contribution in [-0.2, 0) is 4.79 Å². The predicted molar refractivity (Wildman–Crippen MR) is 86.4 cm³/mol. The van der Waals surface area contributed by atoms with Crippen molar-refractivity contribution >= 4 is 17.4 Å². The minimum Gasteiger partial charge on any atom is -0.481 e. The number of ketones is 1. The molecule has 22 heavy (non-hydrogen) atoms. The summed E-state index contributed by atoms with van der Waals surface area (Å²) in [4.78, 5) is 25.2. The summed E-state index contributed by atoms with van der Waals surface area (Å²) in [6.07, 6.45) is -0.617. The number of amides is 1. The molecule has 0 aromatic heterocycles. The summed E-state index contributed by atoms with van der Waals surface area (Å²) in [6, 6.07) is 16.2. The molecule has 2 aromatic rings. The van der Waals surface area contributed by atoms with Crippen LogP contribution in [0.1, 0.15) is 24.2 Å². The first-order chi connectivity index (χ1) is 10.5. The molecule has 0 N–H and O–H groups in total. The van der Waals surface area contributed by atoms with E-state index in [0.717, 1.165) is 5.69 Å². The number of nitrogens with zero attached hydrogens (tertiary/aromatic N) is 1. The summed E-state index contributed by atoms with van der Waals surface area (Å²) < 4.78 is 5.65. The first kappa shape index (κ1) is 15.8. The van der Waals surface area contributed by atoms with Gasteiger partial charge in [0.15, 0.2) is 11.9 Å². The molecule has 2 rings (SSSR count). The van der Waals surface area contributed by atoms with Crippen molar-refractivity contribution in [1.82, 2.24) is 0 Å². The number of rotatable bonds is 5. The van der Waals surface area contributed by atoms with E-state index < -0.39 is 6.10 Å². The van der Waals surface area contributed by atoms with E-state index >= 15 is 0 Å². The van der Waals surface area contributed by atoms with Gasteiger partial charge in [-0.1, -0.05) is 18.2 Å². The van der Waals surface area contributed by atoms with Crippen molar-refractivity contribution in [3.05, 3.63) is 60.2 Å². The molecule has 0 aliphatic carbocycles. The number of Topliss-reactive ketones (excluding diaryl/α,β-unsaturated/α-hetero) is 1. The van der Waals surface area contributed by atoms with Crippen molar-refractivity contribution in [1.29, 1.82) is 0 Å². The van der Waals surface area contributed by atoms with E-state index in [1.165, 1.54) is 6.92 Å². The zero-order chi connectivity index (χ0) is 16.1. The van der Waals surface area contributed by atoms with Gasteiger partial charge in [-0.3, -0.25) is 9.59 Å². The first-order valence-electron chi connectivity index (χ1n) is 7.09. The predicted octanol–water partition coefficient (Wildman–Crippen LogP) is 3.32. The Kier molecular flexibility index (Phi) is 4.94. The van der Waals surface area contributed by atoms with E-state index in [9.17, 15) is 9.59 Å². The molecule has 4 heteroatoms. The van der Waals surface area contributed by atoms with Gasteiger partial charge in [0.05, 0.1) is 0 Å². The highest BCUT2D eigenvalue weighted by atomic mass is 16.5. The number of carbonyl (C=O) groups excluding carboxylic acids is 2. The number of ether oxygens (including phenoxy) is 1. The maximum absolute atomic E-state index is 12.4. The Hall–Kier alpha value is -2.62. The van der Waals surface area contributed by atoms with Gasteiger partial charge < -0.3 is 9.64 Å². The van der Waals surface area contributed by atoms with Gasteiger partial charge in [-0.25, -0.2) is 0 Å². The lowest BCUT2D eigenvalue weighted by Gasteiger charge is -2.22. The molecule has 114 valence electrons. The average Bonchev–Trinajstić information content (AvgIpc) is 2.54. The standard InChI is InChI=1S/C18H19NO3/c1-13(20)15-9-11-17(12-10-15)22-14(2)18(21)19(3)16-7-5-4-6-8-16/h4-12,14H,1-3H3/t14-/m1/s1. The third-order valence-corrected chi connectivity index (χ3v) is 3.40. The van der Waals surface area contributed by atoms with Crippen LogP contribution in [0, 0.1) is 0 Å². The Morgan fingerprint density at radius 2 is 1.59 bits per heavy atom. The molecule has 0 saturated carbocycles. The Labute approximate surface area is 130 Å². The van der Waals surface area contributed by atoms with E-state index in [-0.39, 0.29) is 11.7 Å². The number of benzene rings is 2. The smallest absolute Gasteiger partial charge is 0.267 e. The van der Waals surface area contributed by atoms with Crippen LogP contribution in [0.2, 0.25) is 0 Å². The van der Waals surface area contributed by atoms with Crippen molar-refractivity contribution in [3.63, 3.8) is 0 Å². The van der Waals surface area contributed by atoms with Crippen LogP contribution in [0.4, 0.5) is 5.69 Å². The van der Waals surface area contributed by atoms with Crippen molar-refractivity contribution in [2.75, 3.05) is 11.9 Å².